The van der Waals surface area contributed by atoms with Crippen LogP contribution in [-0.4, -0.2) is 60.1 Å². The lowest BCUT2D eigenvalue weighted by molar-refractivity contribution is -0.130. The SMILES string of the molecule is COc1cc(/C=N\NC(=O)[C@H](Cc2ccc(O)cc2)NC(=O)[C@H](CO)NC(=O)OCc2ccccc2)cc(Cl)c1OCc1ccc(Cl)cc1. The Morgan fingerprint density at radius 1 is 0.837 bits per heavy atom. The first-order valence-corrected chi connectivity index (χ1v) is 15.6. The summed E-state index contributed by atoms with van der Waals surface area (Å²) in [7, 11) is 1.46. The van der Waals surface area contributed by atoms with Gasteiger partial charge in [0.2, 0.25) is 5.91 Å². The quantitative estimate of drug-likeness (QED) is 0.0871. The molecule has 2 atom stereocenters. The summed E-state index contributed by atoms with van der Waals surface area (Å²) in [5, 5.41) is 29.2. The van der Waals surface area contributed by atoms with Crippen molar-refractivity contribution in [1.82, 2.24) is 16.1 Å². The molecule has 0 heterocycles. The van der Waals surface area contributed by atoms with E-state index in [4.69, 9.17) is 37.4 Å². The zero-order chi connectivity index (χ0) is 35.2. The largest absolute Gasteiger partial charge is 0.508 e. The minimum atomic E-state index is -1.42. The number of carbonyl (C=O) groups excluding carboxylic acids is 3. The van der Waals surface area contributed by atoms with E-state index in [-0.39, 0.29) is 30.4 Å². The third-order valence-electron chi connectivity index (χ3n) is 6.95. The molecule has 49 heavy (non-hydrogen) atoms. The fourth-order valence-corrected chi connectivity index (χ4v) is 4.79. The van der Waals surface area contributed by atoms with Crippen LogP contribution in [0.25, 0.3) is 0 Å². The summed E-state index contributed by atoms with van der Waals surface area (Å²) in [5.41, 5.74) is 5.06. The van der Waals surface area contributed by atoms with Gasteiger partial charge >= 0.3 is 6.09 Å². The number of hydrazone groups is 1. The first-order chi connectivity index (χ1) is 23.6. The van der Waals surface area contributed by atoms with Gasteiger partial charge in [0, 0.05) is 11.4 Å². The van der Waals surface area contributed by atoms with E-state index >= 15 is 0 Å². The van der Waals surface area contributed by atoms with Gasteiger partial charge in [-0.3, -0.25) is 9.59 Å². The van der Waals surface area contributed by atoms with Crippen molar-refractivity contribution in [2.45, 2.75) is 31.7 Å². The third kappa shape index (κ3) is 11.4. The first kappa shape index (κ1) is 36.5. The van der Waals surface area contributed by atoms with Crippen LogP contribution < -0.4 is 25.5 Å². The second-order valence-electron chi connectivity index (χ2n) is 10.6. The molecule has 0 aliphatic carbocycles. The Labute approximate surface area is 292 Å². The summed E-state index contributed by atoms with van der Waals surface area (Å²) >= 11 is 12.4. The number of benzene rings is 4. The molecule has 0 saturated heterocycles. The van der Waals surface area contributed by atoms with Gasteiger partial charge in [-0.05, 0) is 58.7 Å². The Bertz CT molecular complexity index is 1740. The number of ether oxygens (including phenoxy) is 3. The number of nitrogens with one attached hydrogen (secondary N) is 3. The molecule has 3 amide bonds. The summed E-state index contributed by atoms with van der Waals surface area (Å²) in [6, 6.07) is 22.7. The Hall–Kier alpha value is -5.30. The molecule has 4 rings (SSSR count). The number of nitrogens with zero attached hydrogens (tertiary/aromatic N) is 1. The number of hydrogen-bond donors (Lipinski definition) is 5. The Kier molecular flexibility index (Phi) is 13.6. The van der Waals surface area contributed by atoms with Crippen LogP contribution in [0, 0.1) is 0 Å². The number of hydrogen-bond acceptors (Lipinski definition) is 9. The number of aliphatic hydroxyl groups excluding tert-OH is 1. The van der Waals surface area contributed by atoms with Crippen molar-refractivity contribution in [1.29, 1.82) is 0 Å². The maximum atomic E-state index is 13.3. The fraction of sp³-hybridized carbons (Fsp3) is 0.200. The number of rotatable bonds is 15. The van der Waals surface area contributed by atoms with Crippen LogP contribution in [0.15, 0.2) is 96.1 Å². The number of aromatic hydroxyl groups is 1. The monoisotopic (exact) mass is 708 g/mol. The first-order valence-electron chi connectivity index (χ1n) is 14.9. The number of methoxy groups -OCH3 is 1. The van der Waals surface area contributed by atoms with E-state index in [9.17, 15) is 24.6 Å². The highest BCUT2D eigenvalue weighted by atomic mass is 35.5. The van der Waals surface area contributed by atoms with E-state index in [1.54, 1.807) is 60.7 Å². The number of halogens is 2. The molecule has 0 unspecified atom stereocenters. The normalized spacial score (nSPS) is 12.1. The molecule has 4 aromatic carbocycles. The second kappa shape index (κ2) is 18.3. The minimum Gasteiger partial charge on any atom is -0.508 e. The van der Waals surface area contributed by atoms with Crippen molar-refractivity contribution in [2.24, 2.45) is 5.10 Å². The topological polar surface area (TPSA) is 168 Å². The lowest BCUT2D eigenvalue weighted by Crippen LogP contribution is -2.55. The number of amides is 3. The maximum absolute atomic E-state index is 13.3. The van der Waals surface area contributed by atoms with Crippen LogP contribution in [0.4, 0.5) is 4.79 Å². The zero-order valence-corrected chi connectivity index (χ0v) is 27.8. The Morgan fingerprint density at radius 2 is 1.51 bits per heavy atom. The molecule has 0 radical (unpaired) electrons. The second-order valence-corrected chi connectivity index (χ2v) is 11.4. The fourth-order valence-electron chi connectivity index (χ4n) is 4.39. The Balaban J connectivity index is 1.41. The van der Waals surface area contributed by atoms with Crippen molar-refractivity contribution >= 4 is 47.3 Å². The molecule has 0 aliphatic heterocycles. The van der Waals surface area contributed by atoms with Crippen LogP contribution >= 0.6 is 23.2 Å². The molecule has 4 aromatic rings. The van der Waals surface area contributed by atoms with E-state index in [0.717, 1.165) is 11.1 Å². The van der Waals surface area contributed by atoms with Gasteiger partial charge in [-0.1, -0.05) is 77.8 Å². The predicted octanol–water partition coefficient (Wildman–Crippen LogP) is 4.75. The zero-order valence-electron chi connectivity index (χ0n) is 26.3. The van der Waals surface area contributed by atoms with Crippen LogP contribution in [0.5, 0.6) is 17.2 Å². The van der Waals surface area contributed by atoms with E-state index < -0.39 is 36.6 Å². The van der Waals surface area contributed by atoms with Gasteiger partial charge in [-0.25, -0.2) is 10.2 Å². The lowest BCUT2D eigenvalue weighted by Gasteiger charge is -2.21. The predicted molar refractivity (Wildman–Crippen MR) is 184 cm³/mol. The summed E-state index contributed by atoms with van der Waals surface area (Å²) < 4.78 is 16.5. The third-order valence-corrected chi connectivity index (χ3v) is 7.48. The van der Waals surface area contributed by atoms with Crippen LogP contribution in [0.1, 0.15) is 22.3 Å². The molecule has 256 valence electrons. The molecule has 0 saturated carbocycles. The minimum absolute atomic E-state index is 0.0106. The van der Waals surface area contributed by atoms with Gasteiger partial charge in [0.15, 0.2) is 11.5 Å². The van der Waals surface area contributed by atoms with E-state index in [2.05, 4.69) is 21.2 Å². The summed E-state index contributed by atoms with van der Waals surface area (Å²) in [4.78, 5) is 38.7. The van der Waals surface area contributed by atoms with Crippen molar-refractivity contribution in [3.05, 3.63) is 123 Å². The lowest BCUT2D eigenvalue weighted by atomic mass is 10.0. The van der Waals surface area contributed by atoms with Gasteiger partial charge < -0.3 is 35.1 Å². The molecule has 0 aliphatic rings. The average Bonchev–Trinajstić information content (AvgIpc) is 3.10. The van der Waals surface area contributed by atoms with E-state index in [1.165, 1.54) is 25.5 Å². The van der Waals surface area contributed by atoms with Crippen molar-refractivity contribution < 1.29 is 38.8 Å². The highest BCUT2D eigenvalue weighted by molar-refractivity contribution is 6.32. The van der Waals surface area contributed by atoms with Crippen molar-refractivity contribution in [3.8, 4) is 17.2 Å². The number of aliphatic hydroxyl groups is 1. The van der Waals surface area contributed by atoms with E-state index in [0.29, 0.717) is 27.6 Å². The molecule has 0 bridgehead atoms. The summed E-state index contributed by atoms with van der Waals surface area (Å²) in [6.07, 6.45) is 0.386. The molecule has 12 nitrogen and oxygen atoms in total. The summed E-state index contributed by atoms with van der Waals surface area (Å²) in [6.45, 7) is -0.598. The van der Waals surface area contributed by atoms with Gasteiger partial charge in [0.1, 0.15) is 31.0 Å². The molecular weight excluding hydrogens is 675 g/mol. The van der Waals surface area contributed by atoms with Crippen LogP contribution in [0.3, 0.4) is 0 Å². The molecule has 0 aromatic heterocycles. The number of alkyl carbamates (subject to hydrolysis) is 1. The molecule has 14 heteroatoms. The standard InChI is InChI=1S/C35H34Cl2N4O8/c1-47-31-17-25(15-28(37)32(31)48-20-24-7-11-26(36)12-8-24)18-38-41-34(45)29(16-22-9-13-27(43)14-10-22)39-33(44)30(19-42)40-35(46)49-21-23-5-3-2-4-6-23/h2-15,17-18,29-30,42-43H,16,19-21H2,1H3,(H,39,44)(H,40,46)(H,41,45)/b38-18-/t29-,30-/m0/s1. The van der Waals surface area contributed by atoms with Crippen LogP contribution in [0.2, 0.25) is 10.0 Å². The van der Waals surface area contributed by atoms with Crippen LogP contribution in [-0.2, 0) is 34.0 Å². The van der Waals surface area contributed by atoms with Gasteiger partial charge in [-0.2, -0.15) is 5.10 Å². The molecule has 0 spiro atoms. The highest BCUT2D eigenvalue weighted by Gasteiger charge is 2.27. The van der Waals surface area contributed by atoms with Crippen molar-refractivity contribution in [2.75, 3.05) is 13.7 Å². The van der Waals surface area contributed by atoms with Crippen molar-refractivity contribution in [3.63, 3.8) is 0 Å². The number of phenolic OH excluding ortho intramolecular Hbond substituents is 1. The van der Waals surface area contributed by atoms with Gasteiger partial charge in [0.25, 0.3) is 5.91 Å². The molecular formula is C35H34Cl2N4O8. The molecule has 0 fully saturated rings. The molecule has 5 N–H and O–H groups in total. The maximum Gasteiger partial charge on any atom is 0.408 e. The highest BCUT2D eigenvalue weighted by Crippen LogP contribution is 2.36. The average molecular weight is 710 g/mol. The number of phenols is 1. The number of carbonyl (C=O) groups is 3. The summed E-state index contributed by atoms with van der Waals surface area (Å²) in [5.74, 6) is -0.883. The van der Waals surface area contributed by atoms with Gasteiger partial charge in [-0.15, -0.1) is 0 Å². The van der Waals surface area contributed by atoms with E-state index in [1.807, 2.05) is 18.2 Å². The smallest absolute Gasteiger partial charge is 0.408 e. The van der Waals surface area contributed by atoms with Gasteiger partial charge in [0.05, 0.1) is 25.0 Å². The Morgan fingerprint density at radius 3 is 2.18 bits per heavy atom.